The highest BCUT2D eigenvalue weighted by molar-refractivity contribution is 5.77. The highest BCUT2D eigenvalue weighted by Gasteiger charge is 2.07. The summed E-state index contributed by atoms with van der Waals surface area (Å²) >= 11 is 0. The first-order valence-electron chi connectivity index (χ1n) is 4.95. The van der Waals surface area contributed by atoms with Crippen LogP contribution in [-0.4, -0.2) is 27.6 Å². The lowest BCUT2D eigenvalue weighted by Gasteiger charge is -1.99. The van der Waals surface area contributed by atoms with Crippen molar-refractivity contribution >= 4 is 22.7 Å². The average Bonchev–Trinajstić information content (AvgIpc) is 2.59. The number of aromatic nitrogens is 3. The molecule has 1 aromatic carbocycles. The third-order valence-electron chi connectivity index (χ3n) is 2.02. The zero-order valence-electron chi connectivity index (χ0n) is 8.88. The molecule has 0 spiro atoms. The predicted molar refractivity (Wildman–Crippen MR) is 58.6 cm³/mol. The van der Waals surface area contributed by atoms with Crippen LogP contribution < -0.4 is 5.73 Å². The summed E-state index contributed by atoms with van der Waals surface area (Å²) in [4.78, 5) is 12.5. The Morgan fingerprint density at radius 1 is 1.44 bits per heavy atom. The number of carbonyl (C=O) groups is 1. The topological polar surface area (TPSA) is 83.0 Å². The molecule has 0 saturated carbocycles. The summed E-state index contributed by atoms with van der Waals surface area (Å²) in [5, 5.41) is 8.25. The van der Waals surface area contributed by atoms with E-state index in [1.165, 1.54) is 4.80 Å². The third-order valence-corrected chi connectivity index (χ3v) is 2.02. The number of benzene rings is 1. The van der Waals surface area contributed by atoms with Crippen molar-refractivity contribution in [3.05, 3.63) is 18.2 Å². The van der Waals surface area contributed by atoms with Crippen LogP contribution in [0.25, 0.3) is 11.0 Å². The van der Waals surface area contributed by atoms with E-state index >= 15 is 0 Å². The molecule has 6 nitrogen and oxygen atoms in total. The minimum absolute atomic E-state index is 0.0163. The van der Waals surface area contributed by atoms with E-state index in [4.69, 9.17) is 10.5 Å². The van der Waals surface area contributed by atoms with Gasteiger partial charge < -0.3 is 10.5 Å². The van der Waals surface area contributed by atoms with Crippen LogP contribution in [0.15, 0.2) is 18.2 Å². The SMILES string of the molecule is CCOC(=O)Cn1nc2ccc(N)cc2n1. The van der Waals surface area contributed by atoms with Crippen molar-refractivity contribution in [1.82, 2.24) is 15.0 Å². The number of fused-ring (bicyclic) bond motifs is 1. The van der Waals surface area contributed by atoms with E-state index in [2.05, 4.69) is 10.2 Å². The Hall–Kier alpha value is -2.11. The molecule has 0 amide bonds. The molecule has 0 aliphatic carbocycles. The van der Waals surface area contributed by atoms with Gasteiger partial charge in [-0.1, -0.05) is 0 Å². The van der Waals surface area contributed by atoms with Gasteiger partial charge in [0.05, 0.1) is 6.61 Å². The van der Waals surface area contributed by atoms with Crippen LogP contribution in [0, 0.1) is 0 Å². The maximum Gasteiger partial charge on any atom is 0.329 e. The Balaban J connectivity index is 2.23. The molecule has 16 heavy (non-hydrogen) atoms. The van der Waals surface area contributed by atoms with Crippen LogP contribution in [0.4, 0.5) is 5.69 Å². The van der Waals surface area contributed by atoms with E-state index in [1.807, 2.05) is 0 Å². The first kappa shape index (κ1) is 10.4. The van der Waals surface area contributed by atoms with E-state index in [1.54, 1.807) is 25.1 Å². The van der Waals surface area contributed by atoms with Crippen molar-refractivity contribution in [3.63, 3.8) is 0 Å². The summed E-state index contributed by atoms with van der Waals surface area (Å²) < 4.78 is 4.80. The number of rotatable bonds is 3. The quantitative estimate of drug-likeness (QED) is 0.604. The molecule has 1 heterocycles. The molecular formula is C10H12N4O2. The Bertz CT molecular complexity index is 521. The summed E-state index contributed by atoms with van der Waals surface area (Å²) in [7, 11) is 0. The summed E-state index contributed by atoms with van der Waals surface area (Å²) in [5.41, 5.74) is 7.61. The number of nitrogens with zero attached hydrogens (tertiary/aromatic N) is 3. The third kappa shape index (κ3) is 2.10. The van der Waals surface area contributed by atoms with Crippen LogP contribution in [-0.2, 0) is 16.1 Å². The molecule has 0 aliphatic rings. The Morgan fingerprint density at radius 2 is 2.19 bits per heavy atom. The number of nitrogens with two attached hydrogens (primary N) is 1. The second-order valence-electron chi connectivity index (χ2n) is 3.28. The van der Waals surface area contributed by atoms with E-state index in [9.17, 15) is 4.79 Å². The molecule has 0 radical (unpaired) electrons. The second-order valence-corrected chi connectivity index (χ2v) is 3.28. The fourth-order valence-electron chi connectivity index (χ4n) is 1.37. The normalized spacial score (nSPS) is 10.6. The monoisotopic (exact) mass is 220 g/mol. The fraction of sp³-hybridized carbons (Fsp3) is 0.300. The van der Waals surface area contributed by atoms with E-state index in [0.29, 0.717) is 23.3 Å². The largest absolute Gasteiger partial charge is 0.465 e. The van der Waals surface area contributed by atoms with Crippen molar-refractivity contribution in [3.8, 4) is 0 Å². The maximum atomic E-state index is 11.2. The second kappa shape index (κ2) is 4.18. The predicted octanol–water partition coefficient (Wildman–Crippen LogP) is 0.577. The van der Waals surface area contributed by atoms with E-state index in [-0.39, 0.29) is 12.5 Å². The van der Waals surface area contributed by atoms with Crippen LogP contribution >= 0.6 is 0 Å². The van der Waals surface area contributed by atoms with Gasteiger partial charge in [-0.15, -0.1) is 0 Å². The highest BCUT2D eigenvalue weighted by atomic mass is 16.5. The molecule has 2 N–H and O–H groups in total. The van der Waals surface area contributed by atoms with Gasteiger partial charge >= 0.3 is 5.97 Å². The van der Waals surface area contributed by atoms with Crippen LogP contribution in [0.3, 0.4) is 0 Å². The number of carbonyl (C=O) groups excluding carboxylic acids is 1. The van der Waals surface area contributed by atoms with Gasteiger partial charge in [-0.25, -0.2) is 4.79 Å². The van der Waals surface area contributed by atoms with Gasteiger partial charge in [0, 0.05) is 5.69 Å². The lowest BCUT2D eigenvalue weighted by Crippen LogP contribution is -2.15. The molecule has 6 heteroatoms. The molecule has 0 saturated heterocycles. The fourth-order valence-corrected chi connectivity index (χ4v) is 1.37. The van der Waals surface area contributed by atoms with Crippen molar-refractivity contribution in [2.24, 2.45) is 0 Å². The van der Waals surface area contributed by atoms with Gasteiger partial charge in [0.15, 0.2) is 6.54 Å². The Labute approximate surface area is 92.0 Å². The lowest BCUT2D eigenvalue weighted by molar-refractivity contribution is -0.144. The molecular weight excluding hydrogens is 208 g/mol. The van der Waals surface area contributed by atoms with Crippen molar-refractivity contribution in [2.45, 2.75) is 13.5 Å². The number of anilines is 1. The zero-order chi connectivity index (χ0) is 11.5. The zero-order valence-corrected chi connectivity index (χ0v) is 8.88. The summed E-state index contributed by atoms with van der Waals surface area (Å²) in [6, 6.07) is 5.22. The van der Waals surface area contributed by atoms with Crippen LogP contribution in [0.2, 0.25) is 0 Å². The first-order valence-corrected chi connectivity index (χ1v) is 4.95. The lowest BCUT2D eigenvalue weighted by atomic mass is 10.3. The first-order chi connectivity index (χ1) is 7.69. The molecule has 2 aromatic rings. The molecule has 1 aromatic heterocycles. The van der Waals surface area contributed by atoms with E-state index in [0.717, 1.165) is 0 Å². The molecule has 84 valence electrons. The van der Waals surface area contributed by atoms with Gasteiger partial charge in [-0.2, -0.15) is 15.0 Å². The van der Waals surface area contributed by atoms with Crippen molar-refractivity contribution in [2.75, 3.05) is 12.3 Å². The Kier molecular flexibility index (Phi) is 2.72. The maximum absolute atomic E-state index is 11.2. The molecule has 0 bridgehead atoms. The standard InChI is InChI=1S/C10H12N4O2/c1-2-16-10(15)6-14-12-8-4-3-7(11)5-9(8)13-14/h3-5H,2,6,11H2,1H3. The number of nitrogen functional groups attached to an aromatic ring is 1. The van der Waals surface area contributed by atoms with Crippen LogP contribution in [0.5, 0.6) is 0 Å². The summed E-state index contributed by atoms with van der Waals surface area (Å²) in [6.45, 7) is 2.13. The van der Waals surface area contributed by atoms with Gasteiger partial charge in [0.25, 0.3) is 0 Å². The molecule has 0 aliphatic heterocycles. The average molecular weight is 220 g/mol. The van der Waals surface area contributed by atoms with Gasteiger partial charge in [0.1, 0.15) is 11.0 Å². The van der Waals surface area contributed by atoms with Crippen molar-refractivity contribution < 1.29 is 9.53 Å². The highest BCUT2D eigenvalue weighted by Crippen LogP contribution is 2.12. The number of esters is 1. The molecule has 0 unspecified atom stereocenters. The minimum atomic E-state index is -0.351. The summed E-state index contributed by atoms with van der Waals surface area (Å²) in [6.07, 6.45) is 0. The van der Waals surface area contributed by atoms with E-state index < -0.39 is 0 Å². The number of hydrogen-bond acceptors (Lipinski definition) is 5. The van der Waals surface area contributed by atoms with Crippen molar-refractivity contribution in [1.29, 1.82) is 0 Å². The smallest absolute Gasteiger partial charge is 0.329 e. The van der Waals surface area contributed by atoms with Gasteiger partial charge in [-0.3, -0.25) is 0 Å². The number of ether oxygens (including phenoxy) is 1. The Morgan fingerprint density at radius 3 is 2.94 bits per heavy atom. The van der Waals surface area contributed by atoms with Gasteiger partial charge in [-0.05, 0) is 25.1 Å². The number of hydrogen-bond donors (Lipinski definition) is 1. The minimum Gasteiger partial charge on any atom is -0.465 e. The molecule has 0 atom stereocenters. The molecule has 0 fully saturated rings. The summed E-state index contributed by atoms with van der Waals surface area (Å²) in [5.74, 6) is -0.351. The molecule has 2 rings (SSSR count). The van der Waals surface area contributed by atoms with Gasteiger partial charge in [0.2, 0.25) is 0 Å². The van der Waals surface area contributed by atoms with Crippen LogP contribution in [0.1, 0.15) is 6.92 Å².